The lowest BCUT2D eigenvalue weighted by atomic mass is 10.0. The SMILES string of the molecule is O=c1c2cc(-c3ccc(OC(F)(F)F)cc3)ccc2nnn1CCOc1ncc(-c2cccnc2)cn1. The van der Waals surface area contributed by atoms with E-state index in [1.807, 2.05) is 12.1 Å². The second kappa shape index (κ2) is 10.0. The van der Waals surface area contributed by atoms with Crippen molar-refractivity contribution in [2.75, 3.05) is 6.61 Å². The molecule has 0 radical (unpaired) electrons. The number of alkyl halides is 3. The Bertz CT molecular complexity index is 1580. The average Bonchev–Trinajstić information content (AvgIpc) is 2.90. The molecule has 0 saturated carbocycles. The summed E-state index contributed by atoms with van der Waals surface area (Å²) in [6, 6.07) is 14.2. The standard InChI is InChI=1S/C25H17F3N6O3/c26-25(27,28)37-20-6-3-16(4-7-20)17-5-8-22-21(12-17)23(35)34(33-32-22)10-11-36-24-30-14-19(15-31-24)18-2-1-9-29-13-18/h1-9,12-15H,10-11H2. The van der Waals surface area contributed by atoms with Crippen LogP contribution in [0, 0.1) is 0 Å². The Morgan fingerprint density at radius 2 is 1.62 bits per heavy atom. The van der Waals surface area contributed by atoms with Gasteiger partial charge in [-0.2, -0.15) is 0 Å². The van der Waals surface area contributed by atoms with Crippen molar-refractivity contribution in [3.05, 3.63) is 89.7 Å². The quantitative estimate of drug-likeness (QED) is 0.322. The minimum Gasteiger partial charge on any atom is -0.461 e. The van der Waals surface area contributed by atoms with E-state index >= 15 is 0 Å². The zero-order valence-electron chi connectivity index (χ0n) is 19.0. The fourth-order valence-corrected chi connectivity index (χ4v) is 3.55. The van der Waals surface area contributed by atoms with Gasteiger partial charge < -0.3 is 9.47 Å². The normalized spacial score (nSPS) is 11.4. The smallest absolute Gasteiger partial charge is 0.461 e. The number of ether oxygens (including phenoxy) is 2. The highest BCUT2D eigenvalue weighted by Gasteiger charge is 2.31. The molecule has 0 atom stereocenters. The summed E-state index contributed by atoms with van der Waals surface area (Å²) < 4.78 is 47.8. The Morgan fingerprint density at radius 3 is 2.32 bits per heavy atom. The van der Waals surface area contributed by atoms with Crippen molar-refractivity contribution in [1.29, 1.82) is 0 Å². The number of rotatable bonds is 7. The number of pyridine rings is 1. The number of benzene rings is 2. The van der Waals surface area contributed by atoms with Crippen LogP contribution in [0.3, 0.4) is 0 Å². The van der Waals surface area contributed by atoms with E-state index in [0.29, 0.717) is 22.0 Å². The second-order valence-corrected chi connectivity index (χ2v) is 7.77. The molecule has 0 bridgehead atoms. The highest BCUT2D eigenvalue weighted by atomic mass is 19.4. The maximum atomic E-state index is 13.0. The summed E-state index contributed by atoms with van der Waals surface area (Å²) in [4.78, 5) is 25.4. The van der Waals surface area contributed by atoms with Gasteiger partial charge in [0.2, 0.25) is 0 Å². The molecular formula is C25H17F3N6O3. The highest BCUT2D eigenvalue weighted by Crippen LogP contribution is 2.27. The van der Waals surface area contributed by atoms with E-state index in [9.17, 15) is 18.0 Å². The zero-order chi connectivity index (χ0) is 25.8. The third kappa shape index (κ3) is 5.69. The molecule has 0 unspecified atom stereocenters. The first-order valence-corrected chi connectivity index (χ1v) is 10.9. The number of hydrogen-bond acceptors (Lipinski definition) is 8. The van der Waals surface area contributed by atoms with E-state index in [4.69, 9.17) is 4.74 Å². The molecule has 5 rings (SSSR count). The summed E-state index contributed by atoms with van der Waals surface area (Å²) in [5, 5.41) is 8.33. The topological polar surface area (TPSA) is 105 Å². The predicted octanol–water partition coefficient (Wildman–Crippen LogP) is 4.29. The Kier molecular flexibility index (Phi) is 6.45. The molecule has 0 fully saturated rings. The van der Waals surface area contributed by atoms with Crippen molar-refractivity contribution in [3.8, 4) is 34.0 Å². The molecule has 0 spiro atoms. The van der Waals surface area contributed by atoms with Crippen LogP contribution in [0.25, 0.3) is 33.2 Å². The zero-order valence-corrected chi connectivity index (χ0v) is 19.0. The van der Waals surface area contributed by atoms with Crippen LogP contribution in [0.4, 0.5) is 13.2 Å². The van der Waals surface area contributed by atoms with Gasteiger partial charge in [0.15, 0.2) is 0 Å². The molecule has 186 valence electrons. The molecule has 0 amide bonds. The number of hydrogen-bond donors (Lipinski definition) is 0. The van der Waals surface area contributed by atoms with Crippen molar-refractivity contribution in [1.82, 2.24) is 29.9 Å². The largest absolute Gasteiger partial charge is 0.573 e. The molecule has 0 aliphatic carbocycles. The van der Waals surface area contributed by atoms with Crippen LogP contribution in [0.15, 0.2) is 84.2 Å². The fraction of sp³-hybridized carbons (Fsp3) is 0.120. The van der Waals surface area contributed by atoms with E-state index < -0.39 is 6.36 Å². The second-order valence-electron chi connectivity index (χ2n) is 7.77. The molecule has 0 saturated heterocycles. The van der Waals surface area contributed by atoms with Gasteiger partial charge in [0.05, 0.1) is 11.9 Å². The highest BCUT2D eigenvalue weighted by molar-refractivity contribution is 5.83. The molecule has 37 heavy (non-hydrogen) atoms. The fourth-order valence-electron chi connectivity index (χ4n) is 3.55. The minimum atomic E-state index is -4.77. The number of fused-ring (bicyclic) bond motifs is 1. The van der Waals surface area contributed by atoms with Crippen molar-refractivity contribution < 1.29 is 22.6 Å². The molecule has 3 heterocycles. The molecule has 3 aromatic heterocycles. The van der Waals surface area contributed by atoms with Crippen molar-refractivity contribution in [2.45, 2.75) is 12.9 Å². The summed E-state index contributed by atoms with van der Waals surface area (Å²) >= 11 is 0. The van der Waals surface area contributed by atoms with Gasteiger partial charge in [0.25, 0.3) is 5.56 Å². The number of nitrogens with zero attached hydrogens (tertiary/aromatic N) is 6. The van der Waals surface area contributed by atoms with E-state index in [1.165, 1.54) is 24.3 Å². The van der Waals surface area contributed by atoms with Crippen molar-refractivity contribution >= 4 is 10.9 Å². The van der Waals surface area contributed by atoms with Gasteiger partial charge >= 0.3 is 12.4 Å². The third-order valence-corrected chi connectivity index (χ3v) is 5.30. The lowest BCUT2D eigenvalue weighted by Crippen LogP contribution is -2.27. The average molecular weight is 506 g/mol. The van der Waals surface area contributed by atoms with Crippen LogP contribution < -0.4 is 15.0 Å². The summed E-state index contributed by atoms with van der Waals surface area (Å²) in [5.74, 6) is -0.332. The Hall–Kier alpha value is -4.87. The van der Waals surface area contributed by atoms with E-state index in [0.717, 1.165) is 15.8 Å². The van der Waals surface area contributed by atoms with Gasteiger partial charge in [0, 0.05) is 35.9 Å². The number of aromatic nitrogens is 6. The van der Waals surface area contributed by atoms with Crippen molar-refractivity contribution in [2.24, 2.45) is 0 Å². The van der Waals surface area contributed by atoms with Gasteiger partial charge in [-0.05, 0) is 41.5 Å². The van der Waals surface area contributed by atoms with Gasteiger partial charge in [-0.3, -0.25) is 9.78 Å². The minimum absolute atomic E-state index is 0.0761. The maximum absolute atomic E-state index is 13.0. The van der Waals surface area contributed by atoms with Crippen LogP contribution in [-0.2, 0) is 6.54 Å². The first-order valence-electron chi connectivity index (χ1n) is 10.9. The number of halogens is 3. The molecule has 5 aromatic rings. The van der Waals surface area contributed by atoms with Gasteiger partial charge in [0.1, 0.15) is 17.9 Å². The summed E-state index contributed by atoms with van der Waals surface area (Å²) in [6.07, 6.45) is 1.84. The van der Waals surface area contributed by atoms with Gasteiger partial charge in [-0.25, -0.2) is 14.6 Å². The van der Waals surface area contributed by atoms with Gasteiger partial charge in [-0.15, -0.1) is 18.3 Å². The van der Waals surface area contributed by atoms with Crippen LogP contribution in [-0.4, -0.2) is 42.9 Å². The lowest BCUT2D eigenvalue weighted by molar-refractivity contribution is -0.274. The maximum Gasteiger partial charge on any atom is 0.573 e. The summed E-state index contributed by atoms with van der Waals surface area (Å²) in [6.45, 7) is 0.176. The molecule has 0 aliphatic heterocycles. The molecular weight excluding hydrogens is 489 g/mol. The summed E-state index contributed by atoms with van der Waals surface area (Å²) in [7, 11) is 0. The van der Waals surface area contributed by atoms with Crippen LogP contribution >= 0.6 is 0 Å². The molecule has 0 aliphatic rings. The van der Waals surface area contributed by atoms with Crippen LogP contribution in [0.5, 0.6) is 11.8 Å². The van der Waals surface area contributed by atoms with Crippen molar-refractivity contribution in [3.63, 3.8) is 0 Å². The Morgan fingerprint density at radius 1 is 0.865 bits per heavy atom. The molecule has 9 nitrogen and oxygen atoms in total. The van der Waals surface area contributed by atoms with E-state index in [2.05, 4.69) is 30.0 Å². The molecule has 2 aromatic carbocycles. The van der Waals surface area contributed by atoms with E-state index in [1.54, 1.807) is 43.0 Å². The third-order valence-electron chi connectivity index (χ3n) is 5.30. The first-order chi connectivity index (χ1) is 17.9. The van der Waals surface area contributed by atoms with Crippen LogP contribution in [0.1, 0.15) is 0 Å². The lowest BCUT2D eigenvalue weighted by Gasteiger charge is -2.10. The first kappa shape index (κ1) is 23.9. The van der Waals surface area contributed by atoms with E-state index in [-0.39, 0.29) is 30.5 Å². The summed E-state index contributed by atoms with van der Waals surface area (Å²) in [5.41, 5.74) is 2.89. The van der Waals surface area contributed by atoms with Crippen LogP contribution in [0.2, 0.25) is 0 Å². The Balaban J connectivity index is 1.28. The predicted molar refractivity (Wildman–Crippen MR) is 127 cm³/mol. The van der Waals surface area contributed by atoms with Gasteiger partial charge in [-0.1, -0.05) is 29.5 Å². The molecule has 12 heteroatoms. The monoisotopic (exact) mass is 506 g/mol. The Labute approximate surface area is 207 Å². The molecule has 0 N–H and O–H groups in total.